The summed E-state index contributed by atoms with van der Waals surface area (Å²) in [4.78, 5) is 7.02. The molecule has 4 nitrogen and oxygen atoms in total. The number of hydrogen-bond donors (Lipinski definition) is 1. The van der Waals surface area contributed by atoms with E-state index in [2.05, 4.69) is 15.2 Å². The van der Waals surface area contributed by atoms with Gasteiger partial charge in [-0.1, -0.05) is 12.2 Å². The molecular weight excluding hydrogens is 222 g/mol. The van der Waals surface area contributed by atoms with Crippen molar-refractivity contribution in [1.82, 2.24) is 15.2 Å². The van der Waals surface area contributed by atoms with Crippen molar-refractivity contribution in [2.24, 2.45) is 0 Å². The number of morpholine rings is 1. The van der Waals surface area contributed by atoms with Gasteiger partial charge in [-0.25, -0.2) is 0 Å². The van der Waals surface area contributed by atoms with Gasteiger partial charge < -0.3 is 10.1 Å². The molecule has 0 bridgehead atoms. The molecule has 0 unspecified atom stereocenters. The Morgan fingerprint density at radius 3 is 2.75 bits per heavy atom. The third-order valence-corrected chi connectivity index (χ3v) is 2.89. The lowest BCUT2D eigenvalue weighted by Gasteiger charge is -2.27. The van der Waals surface area contributed by atoms with Gasteiger partial charge in [-0.05, 0) is 12.1 Å². The van der Waals surface area contributed by atoms with Crippen LogP contribution in [0.3, 0.4) is 0 Å². The Labute approximate surface area is 101 Å². The van der Waals surface area contributed by atoms with Crippen LogP contribution in [0.1, 0.15) is 5.56 Å². The first-order valence-corrected chi connectivity index (χ1v) is 5.75. The van der Waals surface area contributed by atoms with Crippen LogP contribution in [-0.2, 0) is 4.74 Å². The lowest BCUT2D eigenvalue weighted by Crippen LogP contribution is -2.43. The summed E-state index contributed by atoms with van der Waals surface area (Å²) in [6, 6.07) is 3.82. The summed E-state index contributed by atoms with van der Waals surface area (Å²) in [5.74, 6) is 0. The van der Waals surface area contributed by atoms with Crippen molar-refractivity contribution >= 4 is 17.2 Å². The molecule has 2 rings (SSSR count). The highest BCUT2D eigenvalue weighted by atomic mass is 32.1. The molecule has 1 aromatic rings. The average molecular weight is 237 g/mol. The van der Waals surface area contributed by atoms with E-state index in [1.807, 2.05) is 12.1 Å². The molecule has 0 radical (unpaired) electrons. The zero-order valence-electron chi connectivity index (χ0n) is 9.06. The van der Waals surface area contributed by atoms with Gasteiger partial charge in [0.1, 0.15) is 4.99 Å². The topological polar surface area (TPSA) is 37.4 Å². The molecule has 0 atom stereocenters. The van der Waals surface area contributed by atoms with Crippen LogP contribution in [0.15, 0.2) is 24.5 Å². The fraction of sp³-hybridized carbons (Fsp3) is 0.455. The fourth-order valence-electron chi connectivity index (χ4n) is 1.55. The van der Waals surface area contributed by atoms with E-state index in [0.29, 0.717) is 0 Å². The van der Waals surface area contributed by atoms with Crippen molar-refractivity contribution in [2.75, 3.05) is 33.0 Å². The van der Waals surface area contributed by atoms with Crippen LogP contribution < -0.4 is 5.32 Å². The second-order valence-corrected chi connectivity index (χ2v) is 4.04. The average Bonchev–Trinajstić information content (AvgIpc) is 2.38. The number of aromatic nitrogens is 1. The molecule has 1 aromatic heterocycles. The predicted molar refractivity (Wildman–Crippen MR) is 66.3 cm³/mol. The van der Waals surface area contributed by atoms with Crippen molar-refractivity contribution in [3.8, 4) is 0 Å². The summed E-state index contributed by atoms with van der Waals surface area (Å²) >= 11 is 5.29. The molecule has 2 heterocycles. The molecule has 0 spiro atoms. The molecule has 1 fully saturated rings. The van der Waals surface area contributed by atoms with Gasteiger partial charge in [0, 0.05) is 31.0 Å². The van der Waals surface area contributed by atoms with Crippen LogP contribution in [0.2, 0.25) is 0 Å². The number of nitrogens with zero attached hydrogens (tertiary/aromatic N) is 2. The highest BCUT2D eigenvalue weighted by Gasteiger charge is 2.10. The molecular formula is C11H15N3OS. The minimum Gasteiger partial charge on any atom is -0.379 e. The Bertz CT molecular complexity index is 338. The van der Waals surface area contributed by atoms with E-state index in [9.17, 15) is 0 Å². The highest BCUT2D eigenvalue weighted by Crippen LogP contribution is 1.99. The molecule has 5 heteroatoms. The van der Waals surface area contributed by atoms with E-state index < -0.39 is 0 Å². The molecule has 1 aliphatic rings. The van der Waals surface area contributed by atoms with Crippen LogP contribution in [0.25, 0.3) is 0 Å². The van der Waals surface area contributed by atoms with Crippen LogP contribution in [0.4, 0.5) is 0 Å². The number of nitrogens with one attached hydrogen (secondary N) is 1. The molecule has 0 aromatic carbocycles. The zero-order chi connectivity index (χ0) is 11.2. The molecule has 1 aliphatic heterocycles. The summed E-state index contributed by atoms with van der Waals surface area (Å²) in [6.07, 6.45) is 3.50. The summed E-state index contributed by atoms with van der Waals surface area (Å²) < 4.78 is 5.28. The summed E-state index contributed by atoms with van der Waals surface area (Å²) in [7, 11) is 0. The smallest absolute Gasteiger partial charge is 0.107 e. The van der Waals surface area contributed by atoms with Crippen LogP contribution in [0.5, 0.6) is 0 Å². The highest BCUT2D eigenvalue weighted by molar-refractivity contribution is 7.80. The monoisotopic (exact) mass is 237 g/mol. The SMILES string of the molecule is S=C(NCN1CCOCC1)c1ccncc1. The lowest BCUT2D eigenvalue weighted by molar-refractivity contribution is 0.0368. The molecule has 1 saturated heterocycles. The third-order valence-electron chi connectivity index (χ3n) is 2.51. The van der Waals surface area contributed by atoms with E-state index in [4.69, 9.17) is 17.0 Å². The van der Waals surface area contributed by atoms with Crippen molar-refractivity contribution in [3.63, 3.8) is 0 Å². The number of hydrogen-bond acceptors (Lipinski definition) is 4. The number of thiocarbonyl (C=S) groups is 1. The van der Waals surface area contributed by atoms with Gasteiger partial charge in [-0.2, -0.15) is 0 Å². The molecule has 0 aliphatic carbocycles. The van der Waals surface area contributed by atoms with E-state index in [-0.39, 0.29) is 0 Å². The normalized spacial score (nSPS) is 17.0. The maximum atomic E-state index is 5.29. The maximum absolute atomic E-state index is 5.29. The van der Waals surface area contributed by atoms with Crippen LogP contribution in [-0.4, -0.2) is 47.8 Å². The Kier molecular flexibility index (Phi) is 4.21. The Morgan fingerprint density at radius 2 is 2.06 bits per heavy atom. The predicted octanol–water partition coefficient (Wildman–Crippen LogP) is 0.636. The lowest BCUT2D eigenvalue weighted by atomic mass is 10.3. The van der Waals surface area contributed by atoms with Gasteiger partial charge in [0.25, 0.3) is 0 Å². The van der Waals surface area contributed by atoms with E-state index in [1.165, 1.54) is 0 Å². The summed E-state index contributed by atoms with van der Waals surface area (Å²) in [5, 5.41) is 3.24. The van der Waals surface area contributed by atoms with Crippen molar-refractivity contribution in [2.45, 2.75) is 0 Å². The van der Waals surface area contributed by atoms with Gasteiger partial charge in [0.05, 0.1) is 19.9 Å². The van der Waals surface area contributed by atoms with Gasteiger partial charge in [0.15, 0.2) is 0 Å². The van der Waals surface area contributed by atoms with E-state index in [1.54, 1.807) is 12.4 Å². The fourth-order valence-corrected chi connectivity index (χ4v) is 1.75. The first-order valence-electron chi connectivity index (χ1n) is 5.34. The summed E-state index contributed by atoms with van der Waals surface area (Å²) in [6.45, 7) is 4.33. The first kappa shape index (κ1) is 11.4. The molecule has 16 heavy (non-hydrogen) atoms. The van der Waals surface area contributed by atoms with E-state index in [0.717, 1.165) is 43.5 Å². The Morgan fingerprint density at radius 1 is 1.38 bits per heavy atom. The van der Waals surface area contributed by atoms with Crippen LogP contribution >= 0.6 is 12.2 Å². The van der Waals surface area contributed by atoms with Gasteiger partial charge in [-0.15, -0.1) is 0 Å². The molecule has 1 N–H and O–H groups in total. The quantitative estimate of drug-likeness (QED) is 0.781. The van der Waals surface area contributed by atoms with E-state index >= 15 is 0 Å². The summed E-state index contributed by atoms with van der Waals surface area (Å²) in [5.41, 5.74) is 1.01. The molecule has 0 amide bonds. The standard InChI is InChI=1S/C11H15N3OS/c16-11(10-1-3-12-4-2-10)13-9-14-5-7-15-8-6-14/h1-4H,5-9H2,(H,13,16). The maximum Gasteiger partial charge on any atom is 0.107 e. The Balaban J connectivity index is 1.79. The van der Waals surface area contributed by atoms with Gasteiger partial charge in [0.2, 0.25) is 0 Å². The number of rotatable bonds is 3. The van der Waals surface area contributed by atoms with Gasteiger partial charge in [-0.3, -0.25) is 9.88 Å². The zero-order valence-corrected chi connectivity index (χ0v) is 9.87. The number of ether oxygens (including phenoxy) is 1. The van der Waals surface area contributed by atoms with Crippen molar-refractivity contribution in [1.29, 1.82) is 0 Å². The largest absolute Gasteiger partial charge is 0.379 e. The third kappa shape index (κ3) is 3.23. The second kappa shape index (κ2) is 5.89. The van der Waals surface area contributed by atoms with Crippen LogP contribution in [0, 0.1) is 0 Å². The van der Waals surface area contributed by atoms with Crippen molar-refractivity contribution in [3.05, 3.63) is 30.1 Å². The van der Waals surface area contributed by atoms with Gasteiger partial charge >= 0.3 is 0 Å². The van der Waals surface area contributed by atoms with Crippen molar-refractivity contribution < 1.29 is 4.74 Å². The number of pyridine rings is 1. The molecule has 0 saturated carbocycles. The first-order chi connectivity index (χ1) is 7.86. The second-order valence-electron chi connectivity index (χ2n) is 3.63. The minimum absolute atomic E-state index is 0.772. The minimum atomic E-state index is 0.772. The Hall–Kier alpha value is -1.04. The molecule has 86 valence electrons.